The summed E-state index contributed by atoms with van der Waals surface area (Å²) >= 11 is 5.85. The molecule has 20 heavy (non-hydrogen) atoms. The van der Waals surface area contributed by atoms with Crippen molar-refractivity contribution in [3.63, 3.8) is 0 Å². The molecule has 0 saturated carbocycles. The first-order valence-corrected chi connectivity index (χ1v) is 6.74. The van der Waals surface area contributed by atoms with Crippen molar-refractivity contribution in [1.29, 1.82) is 0 Å². The second-order valence-corrected chi connectivity index (χ2v) is 4.95. The average molecular weight is 296 g/mol. The standard InChI is InChI=1S/C14H18ClN3O2/c1-20-10-14(19)8-16-6-11-7-17-18(9-11)13-4-2-12(15)3-5-13/h2-5,7,9,14,16,19H,6,8,10H2,1H3. The smallest absolute Gasteiger partial charge is 0.0897 e. The number of benzene rings is 1. The molecule has 6 heteroatoms. The third kappa shape index (κ3) is 4.31. The van der Waals surface area contributed by atoms with E-state index in [1.807, 2.05) is 30.5 Å². The molecule has 1 heterocycles. The van der Waals surface area contributed by atoms with Crippen LogP contribution in [0.2, 0.25) is 5.02 Å². The van der Waals surface area contributed by atoms with Crippen molar-refractivity contribution in [2.75, 3.05) is 20.3 Å². The molecule has 1 aromatic carbocycles. The van der Waals surface area contributed by atoms with Crippen LogP contribution in [0.4, 0.5) is 0 Å². The van der Waals surface area contributed by atoms with Crippen molar-refractivity contribution in [2.24, 2.45) is 0 Å². The largest absolute Gasteiger partial charge is 0.389 e. The van der Waals surface area contributed by atoms with Crippen LogP contribution in [0, 0.1) is 0 Å². The fourth-order valence-corrected chi connectivity index (χ4v) is 1.95. The van der Waals surface area contributed by atoms with Gasteiger partial charge in [-0.1, -0.05) is 11.6 Å². The topological polar surface area (TPSA) is 59.3 Å². The molecule has 0 aliphatic carbocycles. The van der Waals surface area contributed by atoms with Crippen molar-refractivity contribution in [1.82, 2.24) is 15.1 Å². The summed E-state index contributed by atoms with van der Waals surface area (Å²) in [7, 11) is 1.57. The first-order valence-electron chi connectivity index (χ1n) is 6.36. The number of aliphatic hydroxyl groups is 1. The molecule has 1 atom stereocenters. The van der Waals surface area contributed by atoms with Crippen LogP contribution < -0.4 is 5.32 Å². The maximum absolute atomic E-state index is 9.52. The highest BCUT2D eigenvalue weighted by molar-refractivity contribution is 6.30. The highest BCUT2D eigenvalue weighted by atomic mass is 35.5. The zero-order valence-electron chi connectivity index (χ0n) is 11.3. The highest BCUT2D eigenvalue weighted by Crippen LogP contribution is 2.13. The Balaban J connectivity index is 1.87. The van der Waals surface area contributed by atoms with E-state index in [0.717, 1.165) is 11.3 Å². The lowest BCUT2D eigenvalue weighted by atomic mass is 10.3. The number of rotatable bonds is 7. The van der Waals surface area contributed by atoms with Crippen molar-refractivity contribution >= 4 is 11.6 Å². The minimum atomic E-state index is -0.494. The fraction of sp³-hybridized carbons (Fsp3) is 0.357. The second kappa shape index (κ2) is 7.40. The van der Waals surface area contributed by atoms with Crippen LogP contribution in [0.25, 0.3) is 5.69 Å². The third-order valence-corrected chi connectivity index (χ3v) is 3.05. The van der Waals surface area contributed by atoms with Crippen molar-refractivity contribution < 1.29 is 9.84 Å². The summed E-state index contributed by atoms with van der Waals surface area (Å²) in [6.45, 7) is 1.46. The zero-order valence-corrected chi connectivity index (χ0v) is 12.0. The number of nitrogens with one attached hydrogen (secondary N) is 1. The zero-order chi connectivity index (χ0) is 14.4. The number of hydrogen-bond donors (Lipinski definition) is 2. The average Bonchev–Trinajstić information content (AvgIpc) is 2.89. The quantitative estimate of drug-likeness (QED) is 0.815. The van der Waals surface area contributed by atoms with Crippen LogP contribution in [-0.4, -0.2) is 41.3 Å². The van der Waals surface area contributed by atoms with Crippen LogP contribution in [-0.2, 0) is 11.3 Å². The number of aromatic nitrogens is 2. The maximum Gasteiger partial charge on any atom is 0.0897 e. The van der Waals surface area contributed by atoms with Gasteiger partial charge in [-0.2, -0.15) is 5.10 Å². The van der Waals surface area contributed by atoms with E-state index in [9.17, 15) is 5.11 Å². The molecule has 0 radical (unpaired) electrons. The lowest BCUT2D eigenvalue weighted by molar-refractivity contribution is 0.0644. The van der Waals surface area contributed by atoms with Crippen LogP contribution in [0.15, 0.2) is 36.7 Å². The van der Waals surface area contributed by atoms with Crippen molar-refractivity contribution in [2.45, 2.75) is 12.6 Å². The molecular weight excluding hydrogens is 278 g/mol. The molecule has 1 aromatic heterocycles. The fourth-order valence-electron chi connectivity index (χ4n) is 1.82. The predicted octanol–water partition coefficient (Wildman–Crippen LogP) is 1.62. The van der Waals surface area contributed by atoms with E-state index in [1.54, 1.807) is 18.0 Å². The van der Waals surface area contributed by atoms with Crippen LogP contribution in [0.1, 0.15) is 5.56 Å². The van der Waals surface area contributed by atoms with Gasteiger partial charge in [-0.25, -0.2) is 4.68 Å². The van der Waals surface area contributed by atoms with Gasteiger partial charge in [0.15, 0.2) is 0 Å². The molecule has 2 N–H and O–H groups in total. The Labute approximate surface area is 123 Å². The Morgan fingerprint density at radius 2 is 2.15 bits per heavy atom. The summed E-state index contributed by atoms with van der Waals surface area (Å²) in [4.78, 5) is 0. The van der Waals surface area contributed by atoms with E-state index in [-0.39, 0.29) is 0 Å². The molecule has 2 rings (SSSR count). The summed E-state index contributed by atoms with van der Waals surface area (Å²) in [5, 5.41) is 17.7. The minimum absolute atomic E-state index is 0.330. The molecule has 0 fully saturated rings. The van der Waals surface area contributed by atoms with Gasteiger partial charge in [0.25, 0.3) is 0 Å². The lowest BCUT2D eigenvalue weighted by Crippen LogP contribution is -2.29. The van der Waals surface area contributed by atoms with Crippen LogP contribution >= 0.6 is 11.6 Å². The Morgan fingerprint density at radius 3 is 2.85 bits per heavy atom. The molecule has 0 aliphatic heterocycles. The van der Waals surface area contributed by atoms with Gasteiger partial charge in [-0.3, -0.25) is 0 Å². The Kier molecular flexibility index (Phi) is 5.55. The van der Waals surface area contributed by atoms with E-state index in [2.05, 4.69) is 10.4 Å². The highest BCUT2D eigenvalue weighted by Gasteiger charge is 2.04. The Morgan fingerprint density at radius 1 is 1.40 bits per heavy atom. The summed E-state index contributed by atoms with van der Waals surface area (Å²) in [6.07, 6.45) is 3.25. The SMILES string of the molecule is COCC(O)CNCc1cnn(-c2ccc(Cl)cc2)c1. The molecule has 108 valence electrons. The van der Waals surface area contributed by atoms with E-state index < -0.39 is 6.10 Å². The summed E-state index contributed by atoms with van der Waals surface area (Å²) in [5.41, 5.74) is 2.00. The van der Waals surface area contributed by atoms with Crippen molar-refractivity contribution in [3.05, 3.63) is 47.2 Å². The van der Waals surface area contributed by atoms with E-state index in [1.165, 1.54) is 0 Å². The van der Waals surface area contributed by atoms with Gasteiger partial charge in [-0.05, 0) is 24.3 Å². The molecule has 0 spiro atoms. The Bertz CT molecular complexity index is 527. The van der Waals surface area contributed by atoms with Crippen LogP contribution in [0.3, 0.4) is 0 Å². The Hall–Kier alpha value is -1.40. The molecule has 0 saturated heterocycles. The number of ether oxygens (including phenoxy) is 1. The molecule has 0 bridgehead atoms. The van der Waals surface area contributed by atoms with Gasteiger partial charge in [-0.15, -0.1) is 0 Å². The van der Waals surface area contributed by atoms with Crippen LogP contribution in [0.5, 0.6) is 0 Å². The number of methoxy groups -OCH3 is 1. The van der Waals surface area contributed by atoms with Gasteiger partial charge in [0.2, 0.25) is 0 Å². The third-order valence-electron chi connectivity index (χ3n) is 2.80. The van der Waals surface area contributed by atoms with E-state index in [0.29, 0.717) is 24.7 Å². The lowest BCUT2D eigenvalue weighted by Gasteiger charge is -2.09. The van der Waals surface area contributed by atoms with Gasteiger partial charge in [0.05, 0.1) is 24.6 Å². The molecule has 5 nitrogen and oxygen atoms in total. The summed E-state index contributed by atoms with van der Waals surface area (Å²) in [5.74, 6) is 0. The molecular formula is C14H18ClN3O2. The summed E-state index contributed by atoms with van der Waals surface area (Å²) < 4.78 is 6.65. The van der Waals surface area contributed by atoms with Gasteiger partial charge in [0.1, 0.15) is 0 Å². The number of hydrogen-bond acceptors (Lipinski definition) is 4. The van der Waals surface area contributed by atoms with Crippen molar-refractivity contribution in [3.8, 4) is 5.69 Å². The molecule has 0 amide bonds. The van der Waals surface area contributed by atoms with E-state index in [4.69, 9.17) is 16.3 Å². The predicted molar refractivity (Wildman–Crippen MR) is 78.2 cm³/mol. The monoisotopic (exact) mass is 295 g/mol. The van der Waals surface area contributed by atoms with Gasteiger partial charge < -0.3 is 15.2 Å². The molecule has 1 unspecified atom stereocenters. The van der Waals surface area contributed by atoms with Gasteiger partial charge in [0, 0.05) is 37.0 Å². The number of nitrogens with zero attached hydrogens (tertiary/aromatic N) is 2. The second-order valence-electron chi connectivity index (χ2n) is 4.51. The first-order chi connectivity index (χ1) is 9.69. The first kappa shape index (κ1) is 15.0. The summed E-state index contributed by atoms with van der Waals surface area (Å²) in [6, 6.07) is 7.49. The minimum Gasteiger partial charge on any atom is -0.389 e. The maximum atomic E-state index is 9.52. The number of aliphatic hydroxyl groups excluding tert-OH is 1. The molecule has 0 aliphatic rings. The van der Waals surface area contributed by atoms with E-state index >= 15 is 0 Å². The van der Waals surface area contributed by atoms with Gasteiger partial charge >= 0.3 is 0 Å². The number of halogens is 1. The molecule has 2 aromatic rings. The normalized spacial score (nSPS) is 12.6.